The van der Waals surface area contributed by atoms with Gasteiger partial charge in [0.2, 0.25) is 11.8 Å². The maximum Gasteiger partial charge on any atom is 0.234 e. The van der Waals surface area contributed by atoms with Crippen molar-refractivity contribution in [1.82, 2.24) is 10.3 Å². The zero-order valence-electron chi connectivity index (χ0n) is 9.97. The van der Waals surface area contributed by atoms with Gasteiger partial charge in [-0.05, 0) is 25.7 Å². The van der Waals surface area contributed by atoms with E-state index in [2.05, 4.69) is 15.6 Å². The number of anilines is 1. The molecule has 1 aliphatic carbocycles. The van der Waals surface area contributed by atoms with Crippen molar-refractivity contribution in [3.05, 3.63) is 29.3 Å². The number of nitrogens with one attached hydrogen (secondary N) is 1. The molecular formula is C12H13N3O3. The Morgan fingerprint density at radius 3 is 3.06 bits per heavy atom. The molecule has 1 aliphatic rings. The minimum absolute atomic E-state index is 0.153. The number of rotatable bonds is 4. The lowest BCUT2D eigenvalue weighted by atomic mass is 10.2. The summed E-state index contributed by atoms with van der Waals surface area (Å²) in [4.78, 5) is 11.9. The normalized spacial score (nSPS) is 14.7. The van der Waals surface area contributed by atoms with Gasteiger partial charge in [-0.3, -0.25) is 10.1 Å². The van der Waals surface area contributed by atoms with Gasteiger partial charge in [0.15, 0.2) is 0 Å². The monoisotopic (exact) mass is 247 g/mol. The van der Waals surface area contributed by atoms with Gasteiger partial charge in [0.25, 0.3) is 0 Å². The summed E-state index contributed by atoms with van der Waals surface area (Å²) in [5.74, 6) is 0.806. The minimum Gasteiger partial charge on any atom is -0.364 e. The molecule has 2 aromatic rings. The molecule has 0 aromatic carbocycles. The van der Waals surface area contributed by atoms with E-state index in [9.17, 15) is 4.79 Å². The predicted molar refractivity (Wildman–Crippen MR) is 62.1 cm³/mol. The van der Waals surface area contributed by atoms with Crippen LogP contribution in [0.1, 0.15) is 35.6 Å². The number of amides is 1. The van der Waals surface area contributed by atoms with Gasteiger partial charge in [0, 0.05) is 11.1 Å². The van der Waals surface area contributed by atoms with E-state index in [1.807, 2.05) is 0 Å². The first kappa shape index (κ1) is 11.0. The van der Waals surface area contributed by atoms with Crippen LogP contribution in [0.2, 0.25) is 0 Å². The zero-order chi connectivity index (χ0) is 12.5. The molecule has 0 saturated heterocycles. The average Bonchev–Trinajstić information content (AvgIpc) is 2.96. The Morgan fingerprint density at radius 2 is 2.39 bits per heavy atom. The molecule has 0 atom stereocenters. The third-order valence-corrected chi connectivity index (χ3v) is 3.07. The Kier molecular flexibility index (Phi) is 2.62. The summed E-state index contributed by atoms with van der Waals surface area (Å²) >= 11 is 0. The molecule has 0 bridgehead atoms. The van der Waals surface area contributed by atoms with E-state index in [0.717, 1.165) is 29.7 Å². The topological polar surface area (TPSA) is 81.2 Å². The molecule has 0 radical (unpaired) electrons. The molecule has 2 heterocycles. The van der Waals surface area contributed by atoms with Crippen molar-refractivity contribution in [3.8, 4) is 0 Å². The van der Waals surface area contributed by atoms with Crippen molar-refractivity contribution in [2.24, 2.45) is 0 Å². The van der Waals surface area contributed by atoms with E-state index in [4.69, 9.17) is 9.05 Å². The quantitative estimate of drug-likeness (QED) is 0.893. The number of hydrogen-bond donors (Lipinski definition) is 1. The summed E-state index contributed by atoms with van der Waals surface area (Å²) in [5, 5.41) is 10.2. The van der Waals surface area contributed by atoms with E-state index in [-0.39, 0.29) is 12.3 Å². The highest BCUT2D eigenvalue weighted by molar-refractivity contribution is 5.91. The van der Waals surface area contributed by atoms with Crippen LogP contribution in [0.25, 0.3) is 0 Å². The van der Waals surface area contributed by atoms with Crippen LogP contribution in [0, 0.1) is 6.92 Å². The number of carbonyl (C=O) groups excluding carboxylic acids is 1. The van der Waals surface area contributed by atoms with Crippen LogP contribution in [0.15, 0.2) is 21.5 Å². The molecule has 6 nitrogen and oxygen atoms in total. The Morgan fingerprint density at radius 1 is 1.56 bits per heavy atom. The van der Waals surface area contributed by atoms with Gasteiger partial charge in [0.05, 0.1) is 18.3 Å². The summed E-state index contributed by atoms with van der Waals surface area (Å²) in [7, 11) is 0. The lowest BCUT2D eigenvalue weighted by Gasteiger charge is -2.02. The summed E-state index contributed by atoms with van der Waals surface area (Å²) < 4.78 is 9.85. The molecule has 1 saturated carbocycles. The maximum absolute atomic E-state index is 11.9. The molecule has 0 aliphatic heterocycles. The SMILES string of the molecule is Cc1nocc1CC(=O)Nc1oncc1C1CC1. The van der Waals surface area contributed by atoms with E-state index in [1.165, 1.54) is 6.26 Å². The molecule has 18 heavy (non-hydrogen) atoms. The fourth-order valence-corrected chi connectivity index (χ4v) is 1.85. The second-order valence-electron chi connectivity index (χ2n) is 4.53. The number of carbonyl (C=O) groups is 1. The molecule has 3 rings (SSSR count). The van der Waals surface area contributed by atoms with Crippen LogP contribution in [0.4, 0.5) is 5.88 Å². The molecule has 1 amide bonds. The number of aromatic nitrogens is 2. The van der Waals surface area contributed by atoms with E-state index >= 15 is 0 Å². The van der Waals surface area contributed by atoms with Crippen LogP contribution >= 0.6 is 0 Å². The van der Waals surface area contributed by atoms with E-state index < -0.39 is 0 Å². The highest BCUT2D eigenvalue weighted by Gasteiger charge is 2.29. The molecule has 1 N–H and O–H groups in total. The second kappa shape index (κ2) is 4.29. The van der Waals surface area contributed by atoms with E-state index in [0.29, 0.717) is 11.8 Å². The highest BCUT2D eigenvalue weighted by Crippen LogP contribution is 2.43. The van der Waals surface area contributed by atoms with Crippen molar-refractivity contribution < 1.29 is 13.8 Å². The smallest absolute Gasteiger partial charge is 0.234 e. The Hall–Kier alpha value is -2.11. The fourth-order valence-electron chi connectivity index (χ4n) is 1.85. The van der Waals surface area contributed by atoms with E-state index in [1.54, 1.807) is 13.1 Å². The minimum atomic E-state index is -0.153. The molecule has 1 fully saturated rings. The number of hydrogen-bond acceptors (Lipinski definition) is 5. The highest BCUT2D eigenvalue weighted by atomic mass is 16.5. The summed E-state index contributed by atoms with van der Waals surface area (Å²) in [6.07, 6.45) is 5.65. The third-order valence-electron chi connectivity index (χ3n) is 3.07. The zero-order valence-corrected chi connectivity index (χ0v) is 9.97. The lowest BCUT2D eigenvalue weighted by molar-refractivity contribution is -0.115. The number of aryl methyl sites for hydroxylation is 1. The first-order chi connectivity index (χ1) is 8.74. The summed E-state index contributed by atoms with van der Waals surface area (Å²) in [6, 6.07) is 0. The third kappa shape index (κ3) is 2.13. The van der Waals surface area contributed by atoms with Gasteiger partial charge in [0.1, 0.15) is 6.26 Å². The van der Waals surface area contributed by atoms with Crippen molar-refractivity contribution in [2.75, 3.05) is 5.32 Å². The maximum atomic E-state index is 11.9. The van der Waals surface area contributed by atoms with Gasteiger partial charge in [-0.15, -0.1) is 0 Å². The van der Waals surface area contributed by atoms with Gasteiger partial charge in [-0.25, -0.2) is 0 Å². The molecule has 94 valence electrons. The Balaban J connectivity index is 1.67. The average molecular weight is 247 g/mol. The first-order valence-electron chi connectivity index (χ1n) is 5.88. The summed E-state index contributed by atoms with van der Waals surface area (Å²) in [5.41, 5.74) is 2.50. The van der Waals surface area contributed by atoms with Crippen LogP contribution in [0.3, 0.4) is 0 Å². The molecule has 6 heteroatoms. The van der Waals surface area contributed by atoms with Crippen molar-refractivity contribution >= 4 is 11.8 Å². The number of nitrogens with zero attached hydrogens (tertiary/aromatic N) is 2. The predicted octanol–water partition coefficient (Wildman–Crippen LogP) is 2.03. The molecule has 0 unspecified atom stereocenters. The molecule has 0 spiro atoms. The molecular weight excluding hydrogens is 234 g/mol. The van der Waals surface area contributed by atoms with Gasteiger partial charge < -0.3 is 9.05 Å². The van der Waals surface area contributed by atoms with Crippen LogP contribution in [-0.4, -0.2) is 16.2 Å². The summed E-state index contributed by atoms with van der Waals surface area (Å²) in [6.45, 7) is 1.80. The van der Waals surface area contributed by atoms with Crippen LogP contribution in [0.5, 0.6) is 0 Å². The van der Waals surface area contributed by atoms with Gasteiger partial charge in [-0.1, -0.05) is 10.3 Å². The largest absolute Gasteiger partial charge is 0.364 e. The van der Waals surface area contributed by atoms with Gasteiger partial charge >= 0.3 is 0 Å². The Bertz CT molecular complexity index is 569. The molecule has 2 aromatic heterocycles. The lowest BCUT2D eigenvalue weighted by Crippen LogP contribution is -2.15. The van der Waals surface area contributed by atoms with Crippen LogP contribution in [-0.2, 0) is 11.2 Å². The van der Waals surface area contributed by atoms with Crippen molar-refractivity contribution in [3.63, 3.8) is 0 Å². The van der Waals surface area contributed by atoms with Crippen molar-refractivity contribution in [2.45, 2.75) is 32.1 Å². The Labute approximate surface area is 103 Å². The standard InChI is InChI=1S/C12H13N3O3/c1-7-9(6-17-15-7)4-11(16)14-12-10(5-13-18-12)8-2-3-8/h5-6,8H,2-4H2,1H3,(H,14,16). The fraction of sp³-hybridized carbons (Fsp3) is 0.417. The van der Waals surface area contributed by atoms with Crippen molar-refractivity contribution in [1.29, 1.82) is 0 Å². The van der Waals surface area contributed by atoms with Gasteiger partial charge in [-0.2, -0.15) is 0 Å². The first-order valence-corrected chi connectivity index (χ1v) is 5.88. The van der Waals surface area contributed by atoms with Crippen LogP contribution < -0.4 is 5.32 Å². The second-order valence-corrected chi connectivity index (χ2v) is 4.53.